The lowest BCUT2D eigenvalue weighted by molar-refractivity contribution is 0.778. The van der Waals surface area contributed by atoms with Gasteiger partial charge in [0.1, 0.15) is 0 Å². The highest BCUT2D eigenvalue weighted by molar-refractivity contribution is 7.99. The lowest BCUT2D eigenvalue weighted by Crippen LogP contribution is -2.07. The molecule has 0 aliphatic heterocycles. The summed E-state index contributed by atoms with van der Waals surface area (Å²) in [4.78, 5) is 1.07. The van der Waals surface area contributed by atoms with Gasteiger partial charge in [0.15, 0.2) is 0 Å². The third kappa shape index (κ3) is 3.78. The minimum atomic E-state index is 0.769. The van der Waals surface area contributed by atoms with Gasteiger partial charge >= 0.3 is 0 Å². The SMILES string of the molecule is CNCCCSc1cc(N)ccc1Cl. The quantitative estimate of drug-likeness (QED) is 0.464. The highest BCUT2D eigenvalue weighted by Crippen LogP contribution is 2.29. The van der Waals surface area contributed by atoms with E-state index in [0.29, 0.717) is 0 Å². The first-order valence-electron chi connectivity index (χ1n) is 4.56. The molecule has 0 saturated heterocycles. The second kappa shape index (κ2) is 6.17. The summed E-state index contributed by atoms with van der Waals surface area (Å²) in [6.07, 6.45) is 1.13. The monoisotopic (exact) mass is 230 g/mol. The number of benzene rings is 1. The summed E-state index contributed by atoms with van der Waals surface area (Å²) in [5, 5.41) is 3.89. The normalized spacial score (nSPS) is 10.4. The summed E-state index contributed by atoms with van der Waals surface area (Å²) >= 11 is 7.77. The summed E-state index contributed by atoms with van der Waals surface area (Å²) in [5.41, 5.74) is 6.44. The van der Waals surface area contributed by atoms with Gasteiger partial charge in [0.05, 0.1) is 5.02 Å². The van der Waals surface area contributed by atoms with E-state index in [1.165, 1.54) is 0 Å². The van der Waals surface area contributed by atoms with Crippen LogP contribution in [0, 0.1) is 0 Å². The maximum absolute atomic E-state index is 6.02. The standard InChI is InChI=1S/C10H15ClN2S/c1-13-5-2-6-14-10-7-8(12)3-4-9(10)11/h3-4,7,13H,2,5-6,12H2,1H3. The molecule has 3 N–H and O–H groups in total. The Labute approximate surface area is 94.2 Å². The highest BCUT2D eigenvalue weighted by Gasteiger charge is 2.00. The lowest BCUT2D eigenvalue weighted by atomic mass is 10.3. The topological polar surface area (TPSA) is 38.0 Å². The van der Waals surface area contributed by atoms with E-state index >= 15 is 0 Å². The lowest BCUT2D eigenvalue weighted by Gasteiger charge is -2.04. The molecule has 0 saturated carbocycles. The second-order valence-electron chi connectivity index (χ2n) is 3.00. The number of halogens is 1. The second-order valence-corrected chi connectivity index (χ2v) is 4.54. The third-order valence-electron chi connectivity index (χ3n) is 1.78. The number of nitrogen functional groups attached to an aromatic ring is 1. The Morgan fingerprint density at radius 1 is 1.50 bits per heavy atom. The van der Waals surface area contributed by atoms with Crippen molar-refractivity contribution in [2.24, 2.45) is 0 Å². The van der Waals surface area contributed by atoms with Crippen LogP contribution in [0.3, 0.4) is 0 Å². The zero-order valence-electron chi connectivity index (χ0n) is 8.22. The summed E-state index contributed by atoms with van der Waals surface area (Å²) < 4.78 is 0. The van der Waals surface area contributed by atoms with Gasteiger partial charge in [-0.3, -0.25) is 0 Å². The van der Waals surface area contributed by atoms with Crippen molar-refractivity contribution in [3.63, 3.8) is 0 Å². The fourth-order valence-electron chi connectivity index (χ4n) is 1.06. The van der Waals surface area contributed by atoms with E-state index in [1.54, 1.807) is 11.8 Å². The maximum Gasteiger partial charge on any atom is 0.0543 e. The van der Waals surface area contributed by atoms with Crippen LogP contribution in [0.2, 0.25) is 5.02 Å². The summed E-state index contributed by atoms with van der Waals surface area (Å²) in [6.45, 7) is 1.03. The Hall–Kier alpha value is -0.380. The first kappa shape index (κ1) is 11.7. The molecule has 14 heavy (non-hydrogen) atoms. The molecule has 0 heterocycles. The van der Waals surface area contributed by atoms with Crippen LogP contribution in [0.1, 0.15) is 6.42 Å². The van der Waals surface area contributed by atoms with Gasteiger partial charge in [-0.15, -0.1) is 11.8 Å². The predicted octanol–water partition coefficient (Wildman–Crippen LogP) is 2.62. The van der Waals surface area contributed by atoms with E-state index in [9.17, 15) is 0 Å². The molecule has 0 amide bonds. The van der Waals surface area contributed by atoms with Crippen molar-refractivity contribution in [2.75, 3.05) is 25.1 Å². The van der Waals surface area contributed by atoms with Crippen LogP contribution < -0.4 is 11.1 Å². The van der Waals surface area contributed by atoms with E-state index in [4.69, 9.17) is 17.3 Å². The Bertz CT molecular complexity index is 291. The molecule has 0 fully saturated rings. The zero-order chi connectivity index (χ0) is 10.4. The Balaban J connectivity index is 2.45. The average molecular weight is 231 g/mol. The molecular formula is C10H15ClN2S. The molecule has 78 valence electrons. The predicted molar refractivity (Wildman–Crippen MR) is 65.1 cm³/mol. The zero-order valence-corrected chi connectivity index (χ0v) is 9.79. The Morgan fingerprint density at radius 3 is 3.00 bits per heavy atom. The molecule has 0 aliphatic rings. The van der Waals surface area contributed by atoms with Crippen LogP contribution in [0.15, 0.2) is 23.1 Å². The van der Waals surface area contributed by atoms with E-state index in [0.717, 1.165) is 34.3 Å². The van der Waals surface area contributed by atoms with Gasteiger partial charge in [0.25, 0.3) is 0 Å². The number of nitrogens with one attached hydrogen (secondary N) is 1. The maximum atomic E-state index is 6.02. The van der Waals surface area contributed by atoms with Crippen molar-refractivity contribution in [3.05, 3.63) is 23.2 Å². The van der Waals surface area contributed by atoms with Gasteiger partial charge in [-0.2, -0.15) is 0 Å². The van der Waals surface area contributed by atoms with Crippen LogP contribution in [0.5, 0.6) is 0 Å². The van der Waals surface area contributed by atoms with Crippen LogP contribution in [-0.2, 0) is 0 Å². The largest absolute Gasteiger partial charge is 0.399 e. The molecule has 0 aromatic heterocycles. The molecule has 1 aromatic carbocycles. The summed E-state index contributed by atoms with van der Waals surface area (Å²) in [7, 11) is 1.96. The van der Waals surface area contributed by atoms with E-state index < -0.39 is 0 Å². The number of anilines is 1. The van der Waals surface area contributed by atoms with Crippen LogP contribution >= 0.6 is 23.4 Å². The van der Waals surface area contributed by atoms with Gasteiger partial charge in [-0.25, -0.2) is 0 Å². The Morgan fingerprint density at radius 2 is 2.29 bits per heavy atom. The molecule has 0 atom stereocenters. The van der Waals surface area contributed by atoms with Gasteiger partial charge < -0.3 is 11.1 Å². The smallest absolute Gasteiger partial charge is 0.0543 e. The van der Waals surface area contributed by atoms with Crippen molar-refractivity contribution >= 4 is 29.1 Å². The summed E-state index contributed by atoms with van der Waals surface area (Å²) in [5.74, 6) is 1.06. The summed E-state index contributed by atoms with van der Waals surface area (Å²) in [6, 6.07) is 5.59. The minimum absolute atomic E-state index is 0.769. The molecule has 1 aromatic rings. The van der Waals surface area contributed by atoms with Gasteiger partial charge in [0.2, 0.25) is 0 Å². The van der Waals surface area contributed by atoms with E-state index in [2.05, 4.69) is 5.32 Å². The third-order valence-corrected chi connectivity index (χ3v) is 3.37. The number of nitrogens with two attached hydrogens (primary N) is 1. The molecule has 0 unspecified atom stereocenters. The number of hydrogen-bond donors (Lipinski definition) is 2. The molecule has 2 nitrogen and oxygen atoms in total. The van der Waals surface area contributed by atoms with E-state index in [-0.39, 0.29) is 0 Å². The molecule has 0 spiro atoms. The van der Waals surface area contributed by atoms with Crippen molar-refractivity contribution in [3.8, 4) is 0 Å². The number of thioether (sulfide) groups is 1. The molecule has 0 bridgehead atoms. The van der Waals surface area contributed by atoms with Crippen LogP contribution in [-0.4, -0.2) is 19.3 Å². The van der Waals surface area contributed by atoms with Gasteiger partial charge in [0, 0.05) is 10.6 Å². The molecule has 0 aliphatic carbocycles. The van der Waals surface area contributed by atoms with Crippen molar-refractivity contribution in [1.82, 2.24) is 5.32 Å². The molecule has 1 rings (SSSR count). The number of hydrogen-bond acceptors (Lipinski definition) is 3. The van der Waals surface area contributed by atoms with Crippen molar-refractivity contribution in [2.45, 2.75) is 11.3 Å². The first-order valence-corrected chi connectivity index (χ1v) is 5.93. The molecular weight excluding hydrogens is 216 g/mol. The van der Waals surface area contributed by atoms with Crippen molar-refractivity contribution in [1.29, 1.82) is 0 Å². The van der Waals surface area contributed by atoms with Crippen LogP contribution in [0.4, 0.5) is 5.69 Å². The number of rotatable bonds is 5. The minimum Gasteiger partial charge on any atom is -0.399 e. The average Bonchev–Trinajstić information content (AvgIpc) is 2.18. The van der Waals surface area contributed by atoms with E-state index in [1.807, 2.05) is 25.2 Å². The highest BCUT2D eigenvalue weighted by atomic mass is 35.5. The Kier molecular flexibility index (Phi) is 5.15. The van der Waals surface area contributed by atoms with Crippen molar-refractivity contribution < 1.29 is 0 Å². The fraction of sp³-hybridized carbons (Fsp3) is 0.400. The van der Waals surface area contributed by atoms with Crippen LogP contribution in [0.25, 0.3) is 0 Å². The fourth-order valence-corrected chi connectivity index (χ4v) is 2.28. The van der Waals surface area contributed by atoms with Gasteiger partial charge in [-0.1, -0.05) is 11.6 Å². The first-order chi connectivity index (χ1) is 6.74. The molecule has 4 heteroatoms. The molecule has 0 radical (unpaired) electrons. The van der Waals surface area contributed by atoms with Gasteiger partial charge in [-0.05, 0) is 44.0 Å².